The lowest BCUT2D eigenvalue weighted by Gasteiger charge is -2.20. The third-order valence-corrected chi connectivity index (χ3v) is 5.52. The van der Waals surface area contributed by atoms with Crippen molar-refractivity contribution in [2.24, 2.45) is 0 Å². The van der Waals surface area contributed by atoms with Gasteiger partial charge >= 0.3 is 0 Å². The van der Waals surface area contributed by atoms with Gasteiger partial charge in [0.2, 0.25) is 9.04 Å². The first-order valence-corrected chi connectivity index (χ1v) is 8.79. The molecule has 0 saturated heterocycles. The highest BCUT2D eigenvalue weighted by molar-refractivity contribution is 6.53. The molecule has 1 nitrogen and oxygen atoms in total. The average Bonchev–Trinajstić information content (AvgIpc) is 2.47. The van der Waals surface area contributed by atoms with Crippen molar-refractivity contribution in [3.8, 4) is 0 Å². The van der Waals surface area contributed by atoms with Crippen LogP contribution >= 0.6 is 0 Å². The Morgan fingerprint density at radius 1 is 1.05 bits per heavy atom. The van der Waals surface area contributed by atoms with Gasteiger partial charge in [-0.1, -0.05) is 54.6 Å². The van der Waals surface area contributed by atoms with Gasteiger partial charge in [0, 0.05) is 0 Å². The lowest BCUT2D eigenvalue weighted by Crippen LogP contribution is -2.18. The van der Waals surface area contributed by atoms with E-state index in [2.05, 4.69) is 62.5 Å². The van der Waals surface area contributed by atoms with Crippen LogP contribution in [0.15, 0.2) is 67.8 Å². The van der Waals surface area contributed by atoms with Gasteiger partial charge in [-0.05, 0) is 35.3 Å². The Bertz CT molecular complexity index is 575. The topological polar surface area (TPSA) is 9.23 Å². The van der Waals surface area contributed by atoms with Crippen LogP contribution < -0.4 is 0 Å². The van der Waals surface area contributed by atoms with Gasteiger partial charge in [0.15, 0.2) is 0 Å². The van der Waals surface area contributed by atoms with Gasteiger partial charge in [-0.3, -0.25) is 0 Å². The average molecular weight is 281 g/mol. The van der Waals surface area contributed by atoms with Crippen LogP contribution in [0.25, 0.3) is 10.8 Å². The van der Waals surface area contributed by atoms with Crippen molar-refractivity contribution in [1.29, 1.82) is 0 Å². The molecule has 0 aromatic heterocycles. The monoisotopic (exact) mass is 281 g/mol. The summed E-state index contributed by atoms with van der Waals surface area (Å²) in [5.74, 6) is 0. The molecule has 0 aliphatic carbocycles. The Morgan fingerprint density at radius 3 is 2.40 bits per heavy atom. The second-order valence-corrected chi connectivity index (χ2v) is 6.98. The highest BCUT2D eigenvalue weighted by Crippen LogP contribution is 2.27. The Morgan fingerprint density at radius 2 is 1.70 bits per heavy atom. The van der Waals surface area contributed by atoms with E-state index in [4.69, 9.17) is 4.43 Å². The SMILES string of the molecule is C=CC[Si](CC=C)OC(C)c1cccc2ccccc12. The molecule has 103 valence electrons. The maximum Gasteiger partial charge on any atom is 0.220 e. The minimum Gasteiger partial charge on any atom is -0.409 e. The van der Waals surface area contributed by atoms with Crippen molar-refractivity contribution in [3.63, 3.8) is 0 Å². The summed E-state index contributed by atoms with van der Waals surface area (Å²) in [6.07, 6.45) is 4.01. The van der Waals surface area contributed by atoms with Gasteiger partial charge < -0.3 is 4.43 Å². The fourth-order valence-electron chi connectivity index (χ4n) is 2.42. The third kappa shape index (κ3) is 3.47. The quantitative estimate of drug-likeness (QED) is 0.495. The van der Waals surface area contributed by atoms with Crippen LogP contribution in [0.5, 0.6) is 0 Å². The molecule has 0 amide bonds. The van der Waals surface area contributed by atoms with Gasteiger partial charge in [0.05, 0.1) is 6.10 Å². The van der Waals surface area contributed by atoms with Gasteiger partial charge in [-0.15, -0.1) is 13.2 Å². The van der Waals surface area contributed by atoms with Crippen molar-refractivity contribution in [2.75, 3.05) is 0 Å². The summed E-state index contributed by atoms with van der Waals surface area (Å²) >= 11 is 0. The van der Waals surface area contributed by atoms with Crippen molar-refractivity contribution in [1.82, 2.24) is 0 Å². The molecule has 1 atom stereocenters. The Labute approximate surface area is 123 Å². The molecule has 0 spiro atoms. The standard InChI is InChI=1S/C18H21OSi/c1-4-13-20(14-5-2)19-15(3)17-12-8-10-16-9-6-7-11-18(16)17/h4-12,15H,1-2,13-14H2,3H3. The number of rotatable bonds is 7. The van der Waals surface area contributed by atoms with Gasteiger partial charge in [-0.2, -0.15) is 0 Å². The van der Waals surface area contributed by atoms with E-state index < -0.39 is 9.04 Å². The van der Waals surface area contributed by atoms with Crippen LogP contribution in [0.1, 0.15) is 18.6 Å². The molecule has 2 rings (SSSR count). The molecule has 0 bridgehead atoms. The van der Waals surface area contributed by atoms with E-state index in [1.165, 1.54) is 16.3 Å². The van der Waals surface area contributed by atoms with Crippen molar-refractivity contribution >= 4 is 19.8 Å². The van der Waals surface area contributed by atoms with Gasteiger partial charge in [-0.25, -0.2) is 0 Å². The first-order valence-electron chi connectivity index (χ1n) is 6.97. The maximum atomic E-state index is 6.28. The molecule has 0 heterocycles. The fraction of sp³-hybridized carbons (Fsp3) is 0.222. The first-order chi connectivity index (χ1) is 9.76. The molecule has 0 aliphatic rings. The Balaban J connectivity index is 2.24. The zero-order valence-corrected chi connectivity index (χ0v) is 13.0. The highest BCUT2D eigenvalue weighted by Gasteiger charge is 2.16. The zero-order valence-electron chi connectivity index (χ0n) is 12.0. The van der Waals surface area contributed by atoms with Gasteiger partial charge in [0.1, 0.15) is 0 Å². The van der Waals surface area contributed by atoms with E-state index in [0.29, 0.717) is 0 Å². The van der Waals surface area contributed by atoms with E-state index in [9.17, 15) is 0 Å². The maximum absolute atomic E-state index is 6.28. The van der Waals surface area contributed by atoms with Crippen LogP contribution in [-0.4, -0.2) is 9.04 Å². The minimum atomic E-state index is -0.897. The number of fused-ring (bicyclic) bond motifs is 1. The summed E-state index contributed by atoms with van der Waals surface area (Å²) in [5, 5.41) is 2.54. The molecule has 0 N–H and O–H groups in total. The van der Waals surface area contributed by atoms with Crippen molar-refractivity contribution in [3.05, 3.63) is 73.3 Å². The first kappa shape index (κ1) is 14.8. The summed E-state index contributed by atoms with van der Waals surface area (Å²) in [4.78, 5) is 0. The molecule has 1 unspecified atom stereocenters. The van der Waals surface area contributed by atoms with Crippen LogP contribution in [0.2, 0.25) is 12.1 Å². The van der Waals surface area contributed by atoms with Gasteiger partial charge in [0.25, 0.3) is 0 Å². The van der Waals surface area contributed by atoms with E-state index >= 15 is 0 Å². The predicted octanol–water partition coefficient (Wildman–Crippen LogP) is 5.28. The zero-order chi connectivity index (χ0) is 14.4. The number of benzene rings is 2. The highest BCUT2D eigenvalue weighted by atomic mass is 28.3. The Hall–Kier alpha value is -1.64. The predicted molar refractivity (Wildman–Crippen MR) is 89.2 cm³/mol. The number of hydrogen-bond donors (Lipinski definition) is 0. The second kappa shape index (κ2) is 7.22. The fourth-order valence-corrected chi connectivity index (χ4v) is 4.05. The van der Waals surface area contributed by atoms with Crippen LogP contribution in [0, 0.1) is 0 Å². The molecule has 1 radical (unpaired) electrons. The largest absolute Gasteiger partial charge is 0.409 e. The molecule has 2 heteroatoms. The minimum absolute atomic E-state index is 0.106. The van der Waals surface area contributed by atoms with E-state index in [-0.39, 0.29) is 6.10 Å². The number of hydrogen-bond acceptors (Lipinski definition) is 1. The van der Waals surface area contributed by atoms with Crippen molar-refractivity contribution in [2.45, 2.75) is 25.1 Å². The molecular weight excluding hydrogens is 260 g/mol. The molecule has 2 aromatic carbocycles. The molecular formula is C18H21OSi. The smallest absolute Gasteiger partial charge is 0.220 e. The molecule has 0 fully saturated rings. The lowest BCUT2D eigenvalue weighted by atomic mass is 10.0. The summed E-state index contributed by atoms with van der Waals surface area (Å²) < 4.78 is 6.28. The summed E-state index contributed by atoms with van der Waals surface area (Å²) in [6, 6.07) is 16.8. The van der Waals surface area contributed by atoms with E-state index in [0.717, 1.165) is 12.1 Å². The van der Waals surface area contributed by atoms with E-state index in [1.54, 1.807) is 0 Å². The van der Waals surface area contributed by atoms with Crippen LogP contribution in [0.4, 0.5) is 0 Å². The van der Waals surface area contributed by atoms with Crippen molar-refractivity contribution < 1.29 is 4.43 Å². The lowest BCUT2D eigenvalue weighted by molar-refractivity contribution is 0.229. The third-order valence-electron chi connectivity index (χ3n) is 3.35. The molecule has 2 aromatic rings. The Kier molecular flexibility index (Phi) is 5.33. The normalized spacial score (nSPS) is 12.5. The van der Waals surface area contributed by atoms with E-state index in [1.807, 2.05) is 12.2 Å². The summed E-state index contributed by atoms with van der Waals surface area (Å²) in [6.45, 7) is 9.79. The summed E-state index contributed by atoms with van der Waals surface area (Å²) in [5.41, 5.74) is 1.26. The van der Waals surface area contributed by atoms with Crippen LogP contribution in [0.3, 0.4) is 0 Å². The van der Waals surface area contributed by atoms with Crippen LogP contribution in [-0.2, 0) is 4.43 Å². The summed E-state index contributed by atoms with van der Waals surface area (Å²) in [7, 11) is -0.897. The second-order valence-electron chi connectivity index (χ2n) is 4.85. The molecule has 0 aliphatic heterocycles. The number of allylic oxidation sites excluding steroid dienone is 2. The molecule has 0 saturated carbocycles. The molecule has 20 heavy (non-hydrogen) atoms.